The molecule has 2 aromatic carbocycles. The van der Waals surface area contributed by atoms with Crippen molar-refractivity contribution in [2.24, 2.45) is 17.3 Å². The second-order valence-electron chi connectivity index (χ2n) is 11.5. The Labute approximate surface area is 231 Å². The molecule has 39 heavy (non-hydrogen) atoms. The van der Waals surface area contributed by atoms with Crippen molar-refractivity contribution in [3.05, 3.63) is 59.7 Å². The van der Waals surface area contributed by atoms with Gasteiger partial charge in [-0.2, -0.15) is 0 Å². The van der Waals surface area contributed by atoms with Crippen LogP contribution in [0.2, 0.25) is 0 Å². The molecule has 4 rings (SSSR count). The Kier molecular flexibility index (Phi) is 9.05. The SMILES string of the molecule is COc1ccc(C2CN(C(=O)C(NC(=O)OCc3ccccc3)C(C)C)CC2(C)C(C)O)cc1OCC1CC1. The number of carbonyl (C=O) groups excluding carboxylic acids is 2. The van der Waals surface area contributed by atoms with Crippen molar-refractivity contribution in [2.45, 2.75) is 65.2 Å². The molecule has 0 spiro atoms. The fourth-order valence-corrected chi connectivity index (χ4v) is 5.21. The molecule has 8 heteroatoms. The lowest BCUT2D eigenvalue weighted by Crippen LogP contribution is -2.51. The molecular weight excluding hydrogens is 496 g/mol. The number of likely N-dealkylation sites (tertiary alicyclic amines) is 1. The minimum absolute atomic E-state index is 0.125. The number of hydrogen-bond donors (Lipinski definition) is 2. The van der Waals surface area contributed by atoms with Crippen molar-refractivity contribution in [2.75, 3.05) is 26.8 Å². The van der Waals surface area contributed by atoms with E-state index in [9.17, 15) is 14.7 Å². The first-order valence-corrected chi connectivity index (χ1v) is 13.9. The minimum atomic E-state index is -0.751. The average Bonchev–Trinajstić information content (AvgIpc) is 3.69. The van der Waals surface area contributed by atoms with Crippen molar-refractivity contribution >= 4 is 12.0 Å². The van der Waals surface area contributed by atoms with Gasteiger partial charge >= 0.3 is 6.09 Å². The Hall–Kier alpha value is -3.26. The molecule has 4 unspecified atom stereocenters. The fourth-order valence-electron chi connectivity index (χ4n) is 5.21. The minimum Gasteiger partial charge on any atom is -0.493 e. The molecule has 0 aromatic heterocycles. The number of nitrogens with one attached hydrogen (secondary N) is 1. The summed E-state index contributed by atoms with van der Waals surface area (Å²) in [6, 6.07) is 14.5. The van der Waals surface area contributed by atoms with Crippen molar-refractivity contribution < 1.29 is 28.9 Å². The van der Waals surface area contributed by atoms with Gasteiger partial charge in [0, 0.05) is 24.4 Å². The Bertz CT molecular complexity index is 1130. The maximum atomic E-state index is 13.8. The highest BCUT2D eigenvalue weighted by Crippen LogP contribution is 2.47. The van der Waals surface area contributed by atoms with E-state index in [1.54, 1.807) is 18.9 Å². The summed E-state index contributed by atoms with van der Waals surface area (Å²) in [6.07, 6.45) is 1.08. The van der Waals surface area contributed by atoms with Crippen LogP contribution in [0.4, 0.5) is 4.79 Å². The van der Waals surface area contributed by atoms with Crippen LogP contribution >= 0.6 is 0 Å². The number of rotatable bonds is 11. The van der Waals surface area contributed by atoms with Gasteiger partial charge in [0.2, 0.25) is 5.91 Å². The topological polar surface area (TPSA) is 97.3 Å². The standard InChI is InChI=1S/C31H42N2O6/c1-20(2)28(32-30(36)39-18-22-9-7-6-8-10-22)29(35)33-16-25(31(4,19-33)21(3)34)24-13-14-26(37-5)27(15-24)38-17-23-11-12-23/h6-10,13-15,20-21,23,25,28,34H,11-12,16-19H2,1-5H3,(H,32,36). The van der Waals surface area contributed by atoms with Gasteiger partial charge in [-0.25, -0.2) is 4.79 Å². The van der Waals surface area contributed by atoms with Crippen molar-refractivity contribution in [3.63, 3.8) is 0 Å². The molecule has 2 aromatic rings. The van der Waals surface area contributed by atoms with Gasteiger partial charge in [-0.1, -0.05) is 57.2 Å². The van der Waals surface area contributed by atoms with Gasteiger partial charge < -0.3 is 29.5 Å². The van der Waals surface area contributed by atoms with E-state index in [4.69, 9.17) is 14.2 Å². The molecule has 0 bridgehead atoms. The third-order valence-electron chi connectivity index (χ3n) is 8.18. The van der Waals surface area contributed by atoms with Crippen LogP contribution in [0.15, 0.2) is 48.5 Å². The highest BCUT2D eigenvalue weighted by molar-refractivity contribution is 5.86. The van der Waals surface area contributed by atoms with Crippen LogP contribution in [-0.4, -0.2) is 61.0 Å². The molecule has 1 aliphatic heterocycles. The van der Waals surface area contributed by atoms with Crippen LogP contribution in [0, 0.1) is 17.3 Å². The quantitative estimate of drug-likeness (QED) is 0.429. The second-order valence-corrected chi connectivity index (χ2v) is 11.5. The molecule has 1 aliphatic carbocycles. The first-order chi connectivity index (χ1) is 18.6. The largest absolute Gasteiger partial charge is 0.493 e. The van der Waals surface area contributed by atoms with E-state index in [1.165, 1.54) is 12.8 Å². The predicted octanol–water partition coefficient (Wildman–Crippen LogP) is 4.75. The van der Waals surface area contributed by atoms with E-state index >= 15 is 0 Å². The first-order valence-electron chi connectivity index (χ1n) is 13.9. The molecule has 2 N–H and O–H groups in total. The molecule has 1 heterocycles. The van der Waals surface area contributed by atoms with Gasteiger partial charge in [-0.05, 0) is 54.9 Å². The highest BCUT2D eigenvalue weighted by Gasteiger charge is 2.49. The predicted molar refractivity (Wildman–Crippen MR) is 149 cm³/mol. The molecule has 1 saturated carbocycles. The Morgan fingerprint density at radius 3 is 2.44 bits per heavy atom. The number of hydrogen-bond acceptors (Lipinski definition) is 6. The number of methoxy groups -OCH3 is 1. The van der Waals surface area contributed by atoms with Gasteiger partial charge in [-0.3, -0.25) is 4.79 Å². The van der Waals surface area contributed by atoms with Crippen molar-refractivity contribution in [1.82, 2.24) is 10.2 Å². The fraction of sp³-hybridized carbons (Fsp3) is 0.548. The average molecular weight is 539 g/mol. The van der Waals surface area contributed by atoms with E-state index in [0.717, 1.165) is 11.1 Å². The molecular formula is C31H42N2O6. The number of ether oxygens (including phenoxy) is 3. The normalized spacial score (nSPS) is 22.3. The molecule has 2 fully saturated rings. The lowest BCUT2D eigenvalue weighted by molar-refractivity contribution is -0.134. The Morgan fingerprint density at radius 2 is 1.82 bits per heavy atom. The van der Waals surface area contributed by atoms with Gasteiger partial charge in [0.25, 0.3) is 0 Å². The third-order valence-corrected chi connectivity index (χ3v) is 8.18. The summed E-state index contributed by atoms with van der Waals surface area (Å²) in [7, 11) is 1.62. The number of aliphatic hydroxyl groups excluding tert-OH is 1. The van der Waals surface area contributed by atoms with Crippen molar-refractivity contribution in [3.8, 4) is 11.5 Å². The molecule has 1 saturated heterocycles. The summed E-state index contributed by atoms with van der Waals surface area (Å²) in [6.45, 7) is 9.14. The first kappa shape index (κ1) is 28.7. The number of nitrogens with zero attached hydrogens (tertiary/aromatic N) is 1. The number of benzene rings is 2. The Morgan fingerprint density at radius 1 is 1.10 bits per heavy atom. The zero-order valence-electron chi connectivity index (χ0n) is 23.7. The van der Waals surface area contributed by atoms with Gasteiger partial charge in [0.15, 0.2) is 11.5 Å². The summed E-state index contributed by atoms with van der Waals surface area (Å²) in [5.74, 6) is 1.48. The lowest BCUT2D eigenvalue weighted by Gasteiger charge is -2.34. The Balaban J connectivity index is 1.49. The summed E-state index contributed by atoms with van der Waals surface area (Å²) in [5, 5.41) is 13.7. The van der Waals surface area contributed by atoms with Gasteiger partial charge in [0.05, 0.1) is 19.8 Å². The molecule has 2 aliphatic rings. The van der Waals surface area contributed by atoms with Crippen LogP contribution in [0.5, 0.6) is 11.5 Å². The zero-order valence-corrected chi connectivity index (χ0v) is 23.7. The second kappa shape index (κ2) is 12.3. The molecule has 8 nitrogen and oxygen atoms in total. The summed E-state index contributed by atoms with van der Waals surface area (Å²) in [5.41, 5.74) is 1.26. The van der Waals surface area contributed by atoms with Gasteiger partial charge in [0.1, 0.15) is 12.6 Å². The van der Waals surface area contributed by atoms with E-state index in [0.29, 0.717) is 37.1 Å². The number of alkyl carbamates (subject to hydrolysis) is 1. The third kappa shape index (κ3) is 6.85. The van der Waals surface area contributed by atoms with E-state index < -0.39 is 23.7 Å². The summed E-state index contributed by atoms with van der Waals surface area (Å²) in [4.78, 5) is 28.1. The maximum absolute atomic E-state index is 13.8. The van der Waals surface area contributed by atoms with Crippen LogP contribution < -0.4 is 14.8 Å². The number of aliphatic hydroxyl groups is 1. The maximum Gasteiger partial charge on any atom is 0.408 e. The van der Waals surface area contributed by atoms with E-state index in [2.05, 4.69) is 5.32 Å². The van der Waals surface area contributed by atoms with E-state index in [-0.39, 0.29) is 24.3 Å². The number of carbonyl (C=O) groups is 2. The van der Waals surface area contributed by atoms with Gasteiger partial charge in [-0.15, -0.1) is 0 Å². The highest BCUT2D eigenvalue weighted by atomic mass is 16.5. The summed E-state index contributed by atoms with van der Waals surface area (Å²) >= 11 is 0. The van der Waals surface area contributed by atoms with Crippen LogP contribution in [0.1, 0.15) is 57.6 Å². The molecule has 4 atom stereocenters. The zero-order chi connectivity index (χ0) is 28.2. The molecule has 0 radical (unpaired) electrons. The van der Waals surface area contributed by atoms with Crippen LogP contribution in [0.3, 0.4) is 0 Å². The molecule has 2 amide bonds. The van der Waals surface area contributed by atoms with Crippen LogP contribution in [0.25, 0.3) is 0 Å². The van der Waals surface area contributed by atoms with Crippen LogP contribution in [-0.2, 0) is 16.1 Å². The smallest absolute Gasteiger partial charge is 0.408 e. The van der Waals surface area contributed by atoms with E-state index in [1.807, 2.05) is 69.3 Å². The monoisotopic (exact) mass is 538 g/mol. The number of amides is 2. The van der Waals surface area contributed by atoms with Crippen molar-refractivity contribution in [1.29, 1.82) is 0 Å². The molecule has 212 valence electrons. The lowest BCUT2D eigenvalue weighted by atomic mass is 9.72. The summed E-state index contributed by atoms with van der Waals surface area (Å²) < 4.78 is 17.0.